The van der Waals surface area contributed by atoms with Crippen LogP contribution in [0.5, 0.6) is 0 Å². The monoisotopic (exact) mass is 461 g/mol. The van der Waals surface area contributed by atoms with Gasteiger partial charge < -0.3 is 10.1 Å². The Morgan fingerprint density at radius 1 is 1.12 bits per heavy atom. The lowest BCUT2D eigenvalue weighted by Gasteiger charge is -2.24. The number of fused-ring (bicyclic) bond motifs is 1. The number of rotatable bonds is 3. The average molecular weight is 462 g/mol. The van der Waals surface area contributed by atoms with Gasteiger partial charge in [0.2, 0.25) is 6.41 Å². The Morgan fingerprint density at radius 2 is 1.74 bits per heavy atom. The van der Waals surface area contributed by atoms with Crippen molar-refractivity contribution in [2.24, 2.45) is 5.92 Å². The quantitative estimate of drug-likeness (QED) is 0.499. The number of hydrogen-bond donors (Lipinski definition) is 1. The van der Waals surface area contributed by atoms with Crippen LogP contribution in [0.4, 0.5) is 0 Å². The van der Waals surface area contributed by atoms with Crippen molar-refractivity contribution in [2.45, 2.75) is 59.5 Å². The third kappa shape index (κ3) is 8.13. The summed E-state index contributed by atoms with van der Waals surface area (Å²) in [5.74, 6) is 0.764. The molecule has 0 bridgehead atoms. The number of nitrogens with one attached hydrogen (secondary N) is 1. The smallest absolute Gasteiger partial charge is 0.218 e. The zero-order chi connectivity index (χ0) is 25.1. The molecule has 1 aromatic heterocycles. The highest BCUT2D eigenvalue weighted by Crippen LogP contribution is 2.30. The van der Waals surface area contributed by atoms with E-state index < -0.39 is 0 Å². The number of piperidine rings is 1. The molecule has 0 amide bonds. The molecule has 1 saturated heterocycles. The molecular weight excluding hydrogens is 422 g/mol. The Hall–Kier alpha value is -2.94. The van der Waals surface area contributed by atoms with Crippen LogP contribution >= 0.6 is 0 Å². The summed E-state index contributed by atoms with van der Waals surface area (Å²) in [6.07, 6.45) is 6.43. The summed E-state index contributed by atoms with van der Waals surface area (Å²) in [6.45, 7) is 12.6. The van der Waals surface area contributed by atoms with E-state index in [1.807, 2.05) is 51.2 Å². The van der Waals surface area contributed by atoms with Crippen LogP contribution < -0.4 is 5.32 Å². The molecule has 4 rings (SSSR count). The number of methoxy groups -OCH3 is 1. The first kappa shape index (κ1) is 27.3. The maximum Gasteiger partial charge on any atom is 0.218 e. The summed E-state index contributed by atoms with van der Waals surface area (Å²) >= 11 is 0. The van der Waals surface area contributed by atoms with Gasteiger partial charge in [-0.2, -0.15) is 5.26 Å². The van der Waals surface area contributed by atoms with Crippen molar-refractivity contribution in [1.82, 2.24) is 9.88 Å². The van der Waals surface area contributed by atoms with Crippen molar-refractivity contribution in [3.8, 4) is 6.07 Å². The predicted octanol–water partition coefficient (Wildman–Crippen LogP) is 5.83. The summed E-state index contributed by atoms with van der Waals surface area (Å²) in [7, 11) is 1.71. The molecule has 0 aliphatic carbocycles. The molecule has 0 saturated carbocycles. The van der Waals surface area contributed by atoms with Gasteiger partial charge >= 0.3 is 0 Å². The molecule has 34 heavy (non-hydrogen) atoms. The van der Waals surface area contributed by atoms with Gasteiger partial charge in [-0.3, -0.25) is 9.36 Å². The van der Waals surface area contributed by atoms with Gasteiger partial charge in [0, 0.05) is 18.7 Å². The predicted molar refractivity (Wildman–Crippen MR) is 141 cm³/mol. The highest BCUT2D eigenvalue weighted by molar-refractivity contribution is 5.91. The first-order valence-electron chi connectivity index (χ1n) is 12.0. The minimum Gasteiger partial charge on any atom is -0.379 e. The molecule has 182 valence electrons. The van der Waals surface area contributed by atoms with Crippen molar-refractivity contribution in [2.75, 3.05) is 20.2 Å². The number of aryl methyl sites for hydroxylation is 2. The first-order chi connectivity index (χ1) is 16.2. The molecule has 2 heterocycles. The van der Waals surface area contributed by atoms with Crippen LogP contribution in [-0.4, -0.2) is 36.8 Å². The van der Waals surface area contributed by atoms with E-state index in [0.29, 0.717) is 5.56 Å². The molecule has 1 N–H and O–H groups in total. The van der Waals surface area contributed by atoms with Crippen LogP contribution in [-0.2, 0) is 16.0 Å². The van der Waals surface area contributed by atoms with Gasteiger partial charge in [0.05, 0.1) is 22.8 Å². The maximum atomic E-state index is 11.2. The second kappa shape index (κ2) is 13.1. The van der Waals surface area contributed by atoms with E-state index in [-0.39, 0.29) is 5.60 Å². The second-order valence-electron chi connectivity index (χ2n) is 9.77. The molecule has 2 aromatic carbocycles. The molecule has 3 aromatic rings. The molecule has 0 atom stereocenters. The third-order valence-electron chi connectivity index (χ3n) is 6.10. The van der Waals surface area contributed by atoms with E-state index >= 15 is 0 Å². The standard InChI is InChI=1S/C17H22N2O.C7H5N.C5H12O/c1-12-9-13(2)17-15(5-8-19(17)11-20)16(12)10-14-3-6-18-7-4-14;8-6-7-4-2-1-3-5-7;1-5(2,3)6-4/h5,8-9,11,14,18H,3-4,6-7,10H2,1-2H3;1-5H;1-4H3. The Labute approximate surface area is 204 Å². The van der Waals surface area contributed by atoms with Crippen molar-refractivity contribution in [3.05, 3.63) is 70.9 Å². The lowest BCUT2D eigenvalue weighted by molar-refractivity contribution is 0.0397. The van der Waals surface area contributed by atoms with Gasteiger partial charge in [-0.15, -0.1) is 0 Å². The highest BCUT2D eigenvalue weighted by Gasteiger charge is 2.18. The second-order valence-corrected chi connectivity index (χ2v) is 9.77. The zero-order valence-electron chi connectivity index (χ0n) is 21.5. The van der Waals surface area contributed by atoms with Crippen molar-refractivity contribution < 1.29 is 9.53 Å². The van der Waals surface area contributed by atoms with E-state index in [0.717, 1.165) is 37.4 Å². The fraction of sp³-hybridized carbons (Fsp3) is 0.448. The molecule has 5 heteroatoms. The minimum atomic E-state index is 0.0417. The largest absolute Gasteiger partial charge is 0.379 e. The number of benzene rings is 2. The van der Waals surface area contributed by atoms with Crippen LogP contribution in [0.25, 0.3) is 10.9 Å². The average Bonchev–Trinajstić information content (AvgIpc) is 3.28. The summed E-state index contributed by atoms with van der Waals surface area (Å²) < 4.78 is 6.64. The van der Waals surface area contributed by atoms with Crippen LogP contribution in [0.15, 0.2) is 48.7 Å². The number of aromatic nitrogens is 1. The Bertz CT molecular complexity index is 1080. The van der Waals surface area contributed by atoms with E-state index in [4.69, 9.17) is 10.00 Å². The zero-order valence-corrected chi connectivity index (χ0v) is 21.5. The van der Waals surface area contributed by atoms with Crippen molar-refractivity contribution >= 4 is 17.3 Å². The fourth-order valence-electron chi connectivity index (χ4n) is 4.05. The molecule has 1 aliphatic rings. The number of ether oxygens (including phenoxy) is 1. The van der Waals surface area contributed by atoms with Crippen LogP contribution in [0, 0.1) is 31.1 Å². The molecule has 0 spiro atoms. The third-order valence-corrected chi connectivity index (χ3v) is 6.10. The molecule has 0 unspecified atom stereocenters. The molecule has 0 radical (unpaired) electrons. The minimum absolute atomic E-state index is 0.0417. The molecule has 1 fully saturated rings. The van der Waals surface area contributed by atoms with Gasteiger partial charge in [0.25, 0.3) is 0 Å². The lowest BCUT2D eigenvalue weighted by Crippen LogP contribution is -2.28. The molecular formula is C29H39N3O2. The Morgan fingerprint density at radius 3 is 2.24 bits per heavy atom. The number of carbonyl (C=O) groups is 1. The van der Waals surface area contributed by atoms with Crippen LogP contribution in [0.2, 0.25) is 0 Å². The maximum absolute atomic E-state index is 11.2. The summed E-state index contributed by atoms with van der Waals surface area (Å²) in [6, 6.07) is 15.5. The first-order valence-corrected chi connectivity index (χ1v) is 12.0. The number of carbonyl (C=O) groups excluding carboxylic acids is 1. The topological polar surface area (TPSA) is 67.0 Å². The van der Waals surface area contributed by atoms with Gasteiger partial charge in [-0.1, -0.05) is 24.3 Å². The lowest BCUT2D eigenvalue weighted by atomic mass is 9.87. The number of nitrogens with zero attached hydrogens (tertiary/aromatic N) is 2. The SMILES string of the molecule is COC(C)(C)C.Cc1cc(C)c2c(ccn2C=O)c1CC1CCNCC1.N#Cc1ccccc1. The highest BCUT2D eigenvalue weighted by atomic mass is 16.5. The van der Waals surface area contributed by atoms with E-state index in [2.05, 4.69) is 31.3 Å². The van der Waals surface area contributed by atoms with Gasteiger partial charge in [0.1, 0.15) is 0 Å². The van der Waals surface area contributed by atoms with Crippen molar-refractivity contribution in [3.63, 3.8) is 0 Å². The van der Waals surface area contributed by atoms with Crippen molar-refractivity contribution in [1.29, 1.82) is 5.26 Å². The van der Waals surface area contributed by atoms with E-state index in [9.17, 15) is 4.79 Å². The van der Waals surface area contributed by atoms with Gasteiger partial charge in [-0.05, 0) is 108 Å². The Balaban J connectivity index is 0.000000240. The van der Waals surface area contributed by atoms with E-state index in [1.165, 1.54) is 34.9 Å². The van der Waals surface area contributed by atoms with Crippen LogP contribution in [0.1, 0.15) is 55.9 Å². The number of nitriles is 1. The summed E-state index contributed by atoms with van der Waals surface area (Å²) in [5.41, 5.74) is 5.81. The fourth-order valence-corrected chi connectivity index (χ4v) is 4.05. The molecule has 1 aliphatic heterocycles. The summed E-state index contributed by atoms with van der Waals surface area (Å²) in [4.78, 5) is 11.2. The number of hydrogen-bond acceptors (Lipinski definition) is 4. The molecule has 5 nitrogen and oxygen atoms in total. The summed E-state index contributed by atoms with van der Waals surface area (Å²) in [5, 5.41) is 13.0. The van der Waals surface area contributed by atoms with Crippen LogP contribution in [0.3, 0.4) is 0 Å². The van der Waals surface area contributed by atoms with Gasteiger partial charge in [-0.25, -0.2) is 0 Å². The van der Waals surface area contributed by atoms with E-state index in [1.54, 1.807) is 23.8 Å². The Kier molecular flexibility index (Phi) is 10.5. The normalized spacial score (nSPS) is 13.8. The van der Waals surface area contributed by atoms with Gasteiger partial charge in [0.15, 0.2) is 0 Å².